The average molecular weight is 416 g/mol. The van der Waals surface area contributed by atoms with Crippen molar-refractivity contribution in [3.05, 3.63) is 34.9 Å². The monoisotopic (exact) mass is 415 g/mol. The van der Waals surface area contributed by atoms with Crippen LogP contribution in [-0.2, 0) is 7.05 Å². The first kappa shape index (κ1) is 17.1. The Bertz CT molecular complexity index is 873. The number of hydrogen-bond donors (Lipinski definition) is 2. The maximum absolute atomic E-state index is 6.32. The molecule has 0 radical (unpaired) electrons. The molecule has 1 aromatic carbocycles. The number of aryl methyl sites for hydroxylation is 1. The third-order valence-electron chi connectivity index (χ3n) is 5.12. The second kappa shape index (κ2) is 6.42. The summed E-state index contributed by atoms with van der Waals surface area (Å²) in [4.78, 5) is 11.0. The van der Waals surface area contributed by atoms with E-state index in [2.05, 4.69) is 43.1 Å². The molecule has 0 saturated heterocycles. The topological polar surface area (TPSA) is 97.8 Å². The minimum Gasteiger partial charge on any atom is -0.369 e. The van der Waals surface area contributed by atoms with E-state index in [1.807, 2.05) is 23.9 Å². The lowest BCUT2D eigenvalue weighted by molar-refractivity contribution is 0.305. The summed E-state index contributed by atoms with van der Waals surface area (Å²) in [5.74, 6) is 0.673. The molecule has 1 aliphatic heterocycles. The van der Waals surface area contributed by atoms with Gasteiger partial charge in [0.2, 0.25) is 11.9 Å². The highest BCUT2D eigenvalue weighted by molar-refractivity contribution is 9.10. The zero-order valence-corrected chi connectivity index (χ0v) is 16.3. The van der Waals surface area contributed by atoms with E-state index < -0.39 is 5.66 Å². The number of anilines is 1. The molecule has 8 heteroatoms. The second-order valence-corrected chi connectivity index (χ2v) is 7.69. The molecule has 0 amide bonds. The molecule has 1 aliphatic carbocycles. The van der Waals surface area contributed by atoms with Gasteiger partial charge in [0, 0.05) is 18.3 Å². The van der Waals surface area contributed by atoms with Crippen LogP contribution in [0.3, 0.4) is 0 Å². The van der Waals surface area contributed by atoms with Gasteiger partial charge in [0.15, 0.2) is 0 Å². The summed E-state index contributed by atoms with van der Waals surface area (Å²) in [5, 5.41) is 4.31. The van der Waals surface area contributed by atoms with Gasteiger partial charge in [0.25, 0.3) is 0 Å². The van der Waals surface area contributed by atoms with Crippen LogP contribution in [0.4, 0.5) is 5.69 Å². The van der Waals surface area contributed by atoms with Gasteiger partial charge in [-0.3, -0.25) is 9.58 Å². The third kappa shape index (κ3) is 2.78. The first-order chi connectivity index (χ1) is 12.5. The summed E-state index contributed by atoms with van der Waals surface area (Å²) in [6, 6.07) is 8.24. The van der Waals surface area contributed by atoms with Crippen molar-refractivity contribution in [2.45, 2.75) is 37.8 Å². The molecule has 0 bridgehead atoms. The molecule has 1 spiro atoms. The van der Waals surface area contributed by atoms with Gasteiger partial charge in [-0.15, -0.1) is 0 Å². The zero-order valence-electron chi connectivity index (χ0n) is 14.7. The van der Waals surface area contributed by atoms with Gasteiger partial charge in [0.1, 0.15) is 5.66 Å². The Morgan fingerprint density at radius 1 is 1.15 bits per heavy atom. The molecule has 0 atom stereocenters. The van der Waals surface area contributed by atoms with Gasteiger partial charge in [-0.2, -0.15) is 10.1 Å². The van der Waals surface area contributed by atoms with Crippen molar-refractivity contribution < 1.29 is 0 Å². The smallest absolute Gasteiger partial charge is 0.220 e. The number of nitrogens with zero attached hydrogens (tertiary/aromatic N) is 5. The van der Waals surface area contributed by atoms with E-state index >= 15 is 0 Å². The normalized spacial score (nSPS) is 19.4. The fourth-order valence-corrected chi connectivity index (χ4v) is 4.60. The molecule has 2 heterocycles. The predicted octanol–water partition coefficient (Wildman–Crippen LogP) is 2.96. The summed E-state index contributed by atoms with van der Waals surface area (Å²) in [7, 11) is 1.93. The second-order valence-electron chi connectivity index (χ2n) is 6.83. The summed E-state index contributed by atoms with van der Waals surface area (Å²) >= 11 is 3.58. The average Bonchev–Trinajstić information content (AvgIpc) is 2.93. The summed E-state index contributed by atoms with van der Waals surface area (Å²) in [6.45, 7) is 0. The SMILES string of the molecule is Cn1ncc(Br)c1-c1cccc(N2C(N)=NC(N)=NC23CCCCC3)c1. The highest BCUT2D eigenvalue weighted by Gasteiger charge is 2.42. The maximum atomic E-state index is 6.32. The van der Waals surface area contributed by atoms with Crippen molar-refractivity contribution in [2.75, 3.05) is 4.90 Å². The number of nitrogens with two attached hydrogens (primary N) is 2. The number of aromatic nitrogens is 2. The summed E-state index contributed by atoms with van der Waals surface area (Å²) in [5.41, 5.74) is 14.9. The van der Waals surface area contributed by atoms with Crippen LogP contribution < -0.4 is 16.4 Å². The highest BCUT2D eigenvalue weighted by atomic mass is 79.9. The van der Waals surface area contributed by atoms with Crippen LogP contribution in [0.1, 0.15) is 32.1 Å². The fourth-order valence-electron chi connectivity index (χ4n) is 4.02. The number of benzene rings is 1. The van der Waals surface area contributed by atoms with E-state index in [0.717, 1.165) is 47.1 Å². The Morgan fingerprint density at radius 2 is 1.92 bits per heavy atom. The van der Waals surface area contributed by atoms with E-state index in [0.29, 0.717) is 5.96 Å². The molecule has 4 rings (SSSR count). The molecule has 2 aliphatic rings. The van der Waals surface area contributed by atoms with Crippen LogP contribution in [0.25, 0.3) is 11.3 Å². The molecule has 26 heavy (non-hydrogen) atoms. The van der Waals surface area contributed by atoms with Gasteiger partial charge >= 0.3 is 0 Å². The molecular formula is C18H22BrN7. The molecule has 136 valence electrons. The van der Waals surface area contributed by atoms with Crippen molar-refractivity contribution in [3.8, 4) is 11.3 Å². The van der Waals surface area contributed by atoms with Crippen LogP contribution in [-0.4, -0.2) is 27.4 Å². The molecule has 7 nitrogen and oxygen atoms in total. The van der Waals surface area contributed by atoms with Crippen LogP contribution in [0.2, 0.25) is 0 Å². The lowest BCUT2D eigenvalue weighted by Gasteiger charge is -2.45. The molecule has 0 unspecified atom stereocenters. The Labute approximate surface area is 160 Å². The Kier molecular flexibility index (Phi) is 4.22. The lowest BCUT2D eigenvalue weighted by atomic mass is 9.87. The number of guanidine groups is 2. The quantitative estimate of drug-likeness (QED) is 0.787. The van der Waals surface area contributed by atoms with Crippen LogP contribution in [0, 0.1) is 0 Å². The number of halogens is 1. The van der Waals surface area contributed by atoms with Gasteiger partial charge < -0.3 is 11.5 Å². The molecular weight excluding hydrogens is 394 g/mol. The Balaban J connectivity index is 1.81. The van der Waals surface area contributed by atoms with Gasteiger partial charge in [0.05, 0.1) is 16.4 Å². The van der Waals surface area contributed by atoms with Crippen molar-refractivity contribution in [1.82, 2.24) is 9.78 Å². The zero-order chi connectivity index (χ0) is 18.3. The number of rotatable bonds is 2. The lowest BCUT2D eigenvalue weighted by Crippen LogP contribution is -2.58. The molecule has 1 aromatic heterocycles. The van der Waals surface area contributed by atoms with Crippen molar-refractivity contribution in [2.24, 2.45) is 28.5 Å². The molecule has 1 fully saturated rings. The Morgan fingerprint density at radius 3 is 2.62 bits per heavy atom. The van der Waals surface area contributed by atoms with E-state index in [9.17, 15) is 0 Å². The van der Waals surface area contributed by atoms with Crippen LogP contribution >= 0.6 is 15.9 Å². The first-order valence-electron chi connectivity index (χ1n) is 8.78. The van der Waals surface area contributed by atoms with E-state index in [1.165, 1.54) is 6.42 Å². The minimum atomic E-state index is -0.434. The van der Waals surface area contributed by atoms with Gasteiger partial charge in [-0.05, 0) is 53.7 Å². The fraction of sp³-hybridized carbons (Fsp3) is 0.389. The third-order valence-corrected chi connectivity index (χ3v) is 5.70. The molecule has 4 N–H and O–H groups in total. The van der Waals surface area contributed by atoms with E-state index in [1.54, 1.807) is 6.20 Å². The van der Waals surface area contributed by atoms with Gasteiger partial charge in [-0.25, -0.2) is 4.99 Å². The van der Waals surface area contributed by atoms with E-state index in [4.69, 9.17) is 16.5 Å². The number of hydrogen-bond acceptors (Lipinski definition) is 6. The first-order valence-corrected chi connectivity index (χ1v) is 9.57. The summed E-state index contributed by atoms with van der Waals surface area (Å²) < 4.78 is 2.80. The summed E-state index contributed by atoms with van der Waals surface area (Å²) in [6.07, 6.45) is 7.06. The Hall–Kier alpha value is -2.35. The standard InChI is InChI=1S/C18H22BrN7/c1-25-15(14(19)11-22-25)12-6-5-7-13(10-12)26-17(21)23-16(20)24-18(26)8-3-2-4-9-18/h5-7,10-11H,2-4,8-9H2,1H3,(H4,20,21,23,24). The highest BCUT2D eigenvalue weighted by Crippen LogP contribution is 2.40. The number of aliphatic imine (C=N–C) groups is 2. The van der Waals surface area contributed by atoms with Crippen molar-refractivity contribution in [3.63, 3.8) is 0 Å². The van der Waals surface area contributed by atoms with Crippen molar-refractivity contribution in [1.29, 1.82) is 0 Å². The minimum absolute atomic E-state index is 0.270. The largest absolute Gasteiger partial charge is 0.369 e. The van der Waals surface area contributed by atoms with Crippen LogP contribution in [0.15, 0.2) is 44.9 Å². The predicted molar refractivity (Wildman–Crippen MR) is 108 cm³/mol. The molecule has 1 saturated carbocycles. The van der Waals surface area contributed by atoms with Crippen molar-refractivity contribution >= 4 is 33.5 Å². The van der Waals surface area contributed by atoms with Crippen LogP contribution in [0.5, 0.6) is 0 Å². The maximum Gasteiger partial charge on any atom is 0.220 e. The van der Waals surface area contributed by atoms with Gasteiger partial charge in [-0.1, -0.05) is 18.6 Å². The molecule has 2 aromatic rings. The van der Waals surface area contributed by atoms with E-state index in [-0.39, 0.29) is 5.96 Å².